The third kappa shape index (κ3) is 8.52. The predicted octanol–water partition coefficient (Wildman–Crippen LogP) is 3.88. The van der Waals surface area contributed by atoms with Crippen LogP contribution in [0.25, 0.3) is 0 Å². The van der Waals surface area contributed by atoms with Gasteiger partial charge in [-0.1, -0.05) is 34.6 Å². The molecular formula is C36H65N3O7. The molecule has 10 nitrogen and oxygen atoms in total. The van der Waals surface area contributed by atoms with E-state index in [1.807, 2.05) is 53.6 Å². The fourth-order valence-electron chi connectivity index (χ4n) is 8.33. The van der Waals surface area contributed by atoms with E-state index in [4.69, 9.17) is 14.2 Å². The zero-order chi connectivity index (χ0) is 34.9. The number of aliphatic hydroxyl groups excluding tert-OH is 1. The lowest BCUT2D eigenvalue weighted by Gasteiger charge is -2.48. The van der Waals surface area contributed by atoms with Crippen LogP contribution in [-0.2, 0) is 28.6 Å². The van der Waals surface area contributed by atoms with Crippen molar-refractivity contribution in [1.29, 1.82) is 0 Å². The summed E-state index contributed by atoms with van der Waals surface area (Å²) < 4.78 is 18.6. The molecule has 1 N–H and O–H groups in total. The molecule has 3 aliphatic rings. The Hall–Kier alpha value is -1.59. The molecule has 46 heavy (non-hydrogen) atoms. The summed E-state index contributed by atoms with van der Waals surface area (Å²) in [7, 11) is 7.75. The summed E-state index contributed by atoms with van der Waals surface area (Å²) in [6.45, 7) is 19.5. The number of cyclic esters (lactones) is 1. The van der Waals surface area contributed by atoms with Gasteiger partial charge in [-0.3, -0.25) is 19.3 Å². The first-order chi connectivity index (χ1) is 21.1. The van der Waals surface area contributed by atoms with Crippen molar-refractivity contribution in [3.8, 4) is 0 Å². The summed E-state index contributed by atoms with van der Waals surface area (Å²) in [4.78, 5) is 47.0. The van der Waals surface area contributed by atoms with Crippen LogP contribution in [-0.4, -0.2) is 128 Å². The number of ketones is 1. The number of Topliss-reactive ketones (excluding diaryl/α,β-unsaturated/α-hetero) is 1. The Morgan fingerprint density at radius 1 is 1.07 bits per heavy atom. The topological polar surface area (TPSA) is 109 Å². The molecule has 0 aromatic heterocycles. The third-order valence-corrected chi connectivity index (χ3v) is 11.3. The molecule has 1 amide bonds. The Kier molecular flexibility index (Phi) is 12.6. The summed E-state index contributed by atoms with van der Waals surface area (Å²) in [5, 5.41) is 11.3. The lowest BCUT2D eigenvalue weighted by molar-refractivity contribution is -0.166. The van der Waals surface area contributed by atoms with Gasteiger partial charge in [0.2, 0.25) is 5.91 Å². The Morgan fingerprint density at radius 3 is 2.22 bits per heavy atom. The van der Waals surface area contributed by atoms with Crippen LogP contribution < -0.4 is 0 Å². The first-order valence-corrected chi connectivity index (χ1v) is 17.4. The molecule has 3 heterocycles. The second-order valence-electron chi connectivity index (χ2n) is 16.9. The molecule has 0 aromatic carbocycles. The molecule has 0 spiro atoms. The normalized spacial score (nSPS) is 37.6. The smallest absolute Gasteiger partial charge is 0.319 e. The molecule has 4 unspecified atom stereocenters. The van der Waals surface area contributed by atoms with Gasteiger partial charge in [-0.2, -0.15) is 0 Å². The van der Waals surface area contributed by atoms with E-state index in [2.05, 4.69) is 30.7 Å². The van der Waals surface area contributed by atoms with Crippen LogP contribution in [0.2, 0.25) is 0 Å². The summed E-state index contributed by atoms with van der Waals surface area (Å²) in [6.07, 6.45) is 1.65. The molecule has 0 aliphatic carbocycles. The van der Waals surface area contributed by atoms with Crippen LogP contribution in [0.4, 0.5) is 0 Å². The number of carbonyl (C=O) groups excluding carboxylic acids is 3. The van der Waals surface area contributed by atoms with Crippen LogP contribution >= 0.6 is 0 Å². The van der Waals surface area contributed by atoms with E-state index in [1.54, 1.807) is 21.0 Å². The Bertz CT molecular complexity index is 1070. The molecule has 0 saturated carbocycles. The number of esters is 1. The molecule has 3 saturated heterocycles. The van der Waals surface area contributed by atoms with E-state index in [-0.39, 0.29) is 60.3 Å². The number of amides is 1. The number of likely N-dealkylation sites (N-methyl/N-ethyl adjacent to an activating group) is 2. The van der Waals surface area contributed by atoms with Crippen molar-refractivity contribution in [2.24, 2.45) is 34.5 Å². The SMILES string of the molecule is CO[C@]1(C)C[C@@H](C)CN(C)C(C2CN(C(=O)C(C)(C)C)C2)COC(=O)C(C)(C)C(=O)[C@H](C)C1CCC1O[C@H](C)CC(N(C)C)[C@H]1O. The van der Waals surface area contributed by atoms with E-state index in [1.165, 1.54) is 0 Å². The quantitative estimate of drug-likeness (QED) is 0.338. The van der Waals surface area contributed by atoms with Crippen molar-refractivity contribution in [1.82, 2.24) is 14.7 Å². The maximum absolute atomic E-state index is 14.2. The van der Waals surface area contributed by atoms with Crippen LogP contribution in [0, 0.1) is 34.5 Å². The van der Waals surface area contributed by atoms with E-state index in [0.717, 1.165) is 13.0 Å². The molecule has 10 heteroatoms. The first kappa shape index (κ1) is 38.9. The number of carbonyl (C=O) groups is 3. The minimum atomic E-state index is -1.35. The standard InChI is InChI=1S/C36H65N3O7/c1-22-17-36(9,44-13)26(14-15-29-30(40)27(37(10)11)16-23(2)46-29)24(3)31(41)35(7,8)33(43)45-21-28(38(12)18-22)25-19-39(20-25)32(42)34(4,5)6/h22-30,40H,14-21H2,1-13H3/t22-,23-,24-,26?,27?,28?,29?,30-,36-/m1/s1. The molecule has 0 radical (unpaired) electrons. The molecule has 3 fully saturated rings. The minimum absolute atomic E-state index is 0.00629. The van der Waals surface area contributed by atoms with Crippen LogP contribution in [0.1, 0.15) is 88.0 Å². The number of hydrogen-bond donors (Lipinski definition) is 1. The molecule has 0 aromatic rings. The highest BCUT2D eigenvalue weighted by molar-refractivity contribution is 6.04. The zero-order valence-electron chi connectivity index (χ0n) is 31.1. The summed E-state index contributed by atoms with van der Waals surface area (Å²) in [5.74, 6) is -0.927. The van der Waals surface area contributed by atoms with Crippen molar-refractivity contribution >= 4 is 17.7 Å². The van der Waals surface area contributed by atoms with Crippen LogP contribution in [0.15, 0.2) is 0 Å². The number of aliphatic hydroxyl groups is 1. The number of likely N-dealkylation sites (tertiary alicyclic amines) is 1. The van der Waals surface area contributed by atoms with Crippen molar-refractivity contribution in [2.45, 2.75) is 124 Å². The highest BCUT2D eigenvalue weighted by Gasteiger charge is 2.50. The molecule has 3 rings (SSSR count). The largest absolute Gasteiger partial charge is 0.463 e. The summed E-state index contributed by atoms with van der Waals surface area (Å²) in [6, 6.07) is -0.0890. The molecule has 9 atom stereocenters. The Morgan fingerprint density at radius 2 is 1.67 bits per heavy atom. The molecule has 0 bridgehead atoms. The highest BCUT2D eigenvalue weighted by atomic mass is 16.5. The molecule has 266 valence electrons. The second-order valence-corrected chi connectivity index (χ2v) is 16.9. The Labute approximate surface area is 278 Å². The van der Waals surface area contributed by atoms with Gasteiger partial charge >= 0.3 is 5.97 Å². The van der Waals surface area contributed by atoms with Crippen molar-refractivity contribution < 1.29 is 33.7 Å². The van der Waals surface area contributed by atoms with Gasteiger partial charge in [0, 0.05) is 56.1 Å². The molecular weight excluding hydrogens is 586 g/mol. The van der Waals surface area contributed by atoms with E-state index in [0.29, 0.717) is 32.4 Å². The van der Waals surface area contributed by atoms with Gasteiger partial charge in [-0.15, -0.1) is 0 Å². The zero-order valence-corrected chi connectivity index (χ0v) is 31.1. The Balaban J connectivity index is 1.89. The highest BCUT2D eigenvalue weighted by Crippen LogP contribution is 2.42. The van der Waals surface area contributed by atoms with Gasteiger partial charge in [0.05, 0.1) is 23.9 Å². The van der Waals surface area contributed by atoms with Crippen LogP contribution in [0.3, 0.4) is 0 Å². The number of methoxy groups -OCH3 is 1. The lowest BCUT2D eigenvalue weighted by Crippen LogP contribution is -2.61. The number of rotatable bonds is 6. The maximum Gasteiger partial charge on any atom is 0.319 e. The van der Waals surface area contributed by atoms with Gasteiger partial charge in [0.15, 0.2) is 5.78 Å². The van der Waals surface area contributed by atoms with Crippen LogP contribution in [0.5, 0.6) is 0 Å². The van der Waals surface area contributed by atoms with Gasteiger partial charge in [0.25, 0.3) is 0 Å². The number of ether oxygens (including phenoxy) is 3. The monoisotopic (exact) mass is 651 g/mol. The fourth-order valence-corrected chi connectivity index (χ4v) is 8.33. The lowest BCUT2D eigenvalue weighted by atomic mass is 9.67. The number of nitrogens with zero attached hydrogens (tertiary/aromatic N) is 3. The average molecular weight is 652 g/mol. The second kappa shape index (κ2) is 14.9. The molecule has 3 aliphatic heterocycles. The minimum Gasteiger partial charge on any atom is -0.463 e. The van der Waals surface area contributed by atoms with Gasteiger partial charge in [0.1, 0.15) is 12.0 Å². The average Bonchev–Trinajstić information content (AvgIpc) is 2.93. The number of hydrogen-bond acceptors (Lipinski definition) is 9. The fraction of sp³-hybridized carbons (Fsp3) is 0.917. The van der Waals surface area contributed by atoms with Crippen molar-refractivity contribution in [3.05, 3.63) is 0 Å². The van der Waals surface area contributed by atoms with Gasteiger partial charge in [-0.25, -0.2) is 0 Å². The summed E-state index contributed by atoms with van der Waals surface area (Å²) >= 11 is 0. The van der Waals surface area contributed by atoms with Crippen molar-refractivity contribution in [3.63, 3.8) is 0 Å². The van der Waals surface area contributed by atoms with Crippen molar-refractivity contribution in [2.75, 3.05) is 54.5 Å². The van der Waals surface area contributed by atoms with Gasteiger partial charge in [-0.05, 0) is 86.4 Å². The predicted molar refractivity (Wildman–Crippen MR) is 179 cm³/mol. The maximum atomic E-state index is 14.2. The summed E-state index contributed by atoms with van der Waals surface area (Å²) in [5.41, 5.74) is -2.47. The van der Waals surface area contributed by atoms with E-state index >= 15 is 0 Å². The van der Waals surface area contributed by atoms with Gasteiger partial charge < -0.3 is 29.1 Å². The van der Waals surface area contributed by atoms with E-state index in [9.17, 15) is 19.5 Å². The third-order valence-electron chi connectivity index (χ3n) is 11.3. The van der Waals surface area contributed by atoms with E-state index < -0.39 is 34.4 Å². The first-order valence-electron chi connectivity index (χ1n) is 17.4.